The van der Waals surface area contributed by atoms with Crippen molar-refractivity contribution < 1.29 is 22.7 Å². The Morgan fingerprint density at radius 3 is 2.37 bits per heavy atom. The summed E-state index contributed by atoms with van der Waals surface area (Å²) in [5.41, 5.74) is 1.47. The zero-order valence-corrected chi connectivity index (χ0v) is 18.4. The maximum absolute atomic E-state index is 13.1. The number of piperidine rings is 1. The van der Waals surface area contributed by atoms with Crippen LogP contribution in [0.1, 0.15) is 31.7 Å². The molecule has 3 rings (SSSR count). The van der Waals surface area contributed by atoms with Gasteiger partial charge in [0.15, 0.2) is 6.10 Å². The number of ether oxygens (including phenoxy) is 2. The summed E-state index contributed by atoms with van der Waals surface area (Å²) in [6.45, 7) is 4.59. The van der Waals surface area contributed by atoms with Crippen molar-refractivity contribution >= 4 is 21.6 Å². The van der Waals surface area contributed by atoms with Gasteiger partial charge in [0.05, 0.1) is 7.11 Å². The molecule has 7 nitrogen and oxygen atoms in total. The minimum absolute atomic E-state index is 0.0526. The standard InChI is InChI=1S/C22H28N2O5S/c1-16-7-10-19(11-8-16)29-17(2)22(25)23-18-9-12-20(28-3)21(15-18)30(26,27)24-13-5-4-6-14-24/h7-12,15,17H,4-6,13-14H2,1-3H3,(H,23,25). The van der Waals surface area contributed by atoms with Gasteiger partial charge in [-0.2, -0.15) is 4.31 Å². The molecule has 1 fully saturated rings. The van der Waals surface area contributed by atoms with Gasteiger partial charge in [0, 0.05) is 18.8 Å². The number of anilines is 1. The Kier molecular flexibility index (Phi) is 6.99. The van der Waals surface area contributed by atoms with Crippen molar-refractivity contribution in [3.63, 3.8) is 0 Å². The van der Waals surface area contributed by atoms with E-state index >= 15 is 0 Å². The van der Waals surface area contributed by atoms with Crippen LogP contribution in [0.3, 0.4) is 0 Å². The Labute approximate surface area is 178 Å². The van der Waals surface area contributed by atoms with Gasteiger partial charge in [0.2, 0.25) is 10.0 Å². The number of hydrogen-bond donors (Lipinski definition) is 1. The minimum atomic E-state index is -3.71. The third kappa shape index (κ3) is 5.12. The maximum Gasteiger partial charge on any atom is 0.265 e. The highest BCUT2D eigenvalue weighted by Crippen LogP contribution is 2.31. The number of rotatable bonds is 7. The largest absolute Gasteiger partial charge is 0.495 e. The number of carbonyl (C=O) groups excluding carboxylic acids is 1. The van der Waals surface area contributed by atoms with E-state index in [1.807, 2.05) is 19.1 Å². The number of sulfonamides is 1. The first-order valence-electron chi connectivity index (χ1n) is 10.0. The number of benzene rings is 2. The molecule has 0 radical (unpaired) electrons. The molecule has 30 heavy (non-hydrogen) atoms. The first kappa shape index (κ1) is 22.1. The topological polar surface area (TPSA) is 84.9 Å². The molecule has 1 saturated heterocycles. The highest BCUT2D eigenvalue weighted by Gasteiger charge is 2.29. The van der Waals surface area contributed by atoms with E-state index < -0.39 is 16.1 Å². The molecule has 1 atom stereocenters. The maximum atomic E-state index is 13.1. The number of carbonyl (C=O) groups is 1. The minimum Gasteiger partial charge on any atom is -0.495 e. The third-order valence-corrected chi connectivity index (χ3v) is 6.99. The van der Waals surface area contributed by atoms with Crippen molar-refractivity contribution in [2.24, 2.45) is 0 Å². The number of aryl methyl sites for hydroxylation is 1. The number of amides is 1. The fraction of sp³-hybridized carbons (Fsp3) is 0.409. The van der Waals surface area contributed by atoms with Gasteiger partial charge in [-0.1, -0.05) is 24.1 Å². The molecule has 162 valence electrons. The van der Waals surface area contributed by atoms with Gasteiger partial charge in [0.1, 0.15) is 16.4 Å². The highest BCUT2D eigenvalue weighted by molar-refractivity contribution is 7.89. The second kappa shape index (κ2) is 9.49. The summed E-state index contributed by atoms with van der Waals surface area (Å²) >= 11 is 0. The van der Waals surface area contributed by atoms with Gasteiger partial charge in [-0.15, -0.1) is 0 Å². The second-order valence-corrected chi connectivity index (χ2v) is 9.30. The van der Waals surface area contributed by atoms with Gasteiger partial charge in [0.25, 0.3) is 5.91 Å². The predicted molar refractivity (Wildman–Crippen MR) is 116 cm³/mol. The summed E-state index contributed by atoms with van der Waals surface area (Å²) in [5.74, 6) is 0.468. The monoisotopic (exact) mass is 432 g/mol. The van der Waals surface area contributed by atoms with E-state index in [1.165, 1.54) is 17.5 Å². The van der Waals surface area contributed by atoms with Crippen molar-refractivity contribution in [3.8, 4) is 11.5 Å². The fourth-order valence-electron chi connectivity index (χ4n) is 3.32. The summed E-state index contributed by atoms with van der Waals surface area (Å²) in [4.78, 5) is 12.6. The Morgan fingerprint density at radius 2 is 1.73 bits per heavy atom. The molecule has 1 unspecified atom stereocenters. The van der Waals surface area contributed by atoms with Crippen molar-refractivity contribution in [1.29, 1.82) is 0 Å². The molecule has 1 amide bonds. The zero-order chi connectivity index (χ0) is 21.7. The van der Waals surface area contributed by atoms with Crippen molar-refractivity contribution in [1.82, 2.24) is 4.31 Å². The molecule has 1 aliphatic rings. The normalized spacial score (nSPS) is 16.0. The average molecular weight is 433 g/mol. The smallest absolute Gasteiger partial charge is 0.265 e. The molecule has 8 heteroatoms. The van der Waals surface area contributed by atoms with Crippen molar-refractivity contribution in [2.45, 2.75) is 44.1 Å². The van der Waals surface area contributed by atoms with E-state index in [2.05, 4.69) is 5.32 Å². The van der Waals surface area contributed by atoms with Crippen LogP contribution in [0.4, 0.5) is 5.69 Å². The van der Waals surface area contributed by atoms with E-state index in [0.717, 1.165) is 24.8 Å². The lowest BCUT2D eigenvalue weighted by Crippen LogP contribution is -2.36. The van der Waals surface area contributed by atoms with E-state index in [4.69, 9.17) is 9.47 Å². The van der Waals surface area contributed by atoms with Crippen molar-refractivity contribution in [2.75, 3.05) is 25.5 Å². The zero-order valence-electron chi connectivity index (χ0n) is 17.6. The third-order valence-electron chi connectivity index (χ3n) is 5.07. The van der Waals surface area contributed by atoms with Crippen LogP contribution in [0.25, 0.3) is 0 Å². The molecular weight excluding hydrogens is 404 g/mol. The van der Waals surface area contributed by atoms with Crippen LogP contribution < -0.4 is 14.8 Å². The SMILES string of the molecule is COc1ccc(NC(=O)C(C)Oc2ccc(C)cc2)cc1S(=O)(=O)N1CCCCC1. The summed E-state index contributed by atoms with van der Waals surface area (Å²) in [6, 6.07) is 12.0. The van der Waals surface area contributed by atoms with Crippen LogP contribution in [0.15, 0.2) is 47.4 Å². The number of methoxy groups -OCH3 is 1. The van der Waals surface area contributed by atoms with Crippen LogP contribution in [-0.2, 0) is 14.8 Å². The van der Waals surface area contributed by atoms with Crippen LogP contribution in [0.2, 0.25) is 0 Å². The summed E-state index contributed by atoms with van der Waals surface area (Å²) < 4.78 is 38.7. The quantitative estimate of drug-likeness (QED) is 0.723. The lowest BCUT2D eigenvalue weighted by Gasteiger charge is -2.26. The van der Waals surface area contributed by atoms with E-state index in [1.54, 1.807) is 31.2 Å². The second-order valence-electron chi connectivity index (χ2n) is 7.39. The summed E-state index contributed by atoms with van der Waals surface area (Å²) in [7, 11) is -2.28. The van der Waals surface area contributed by atoms with Gasteiger partial charge in [-0.25, -0.2) is 8.42 Å². The Morgan fingerprint density at radius 1 is 1.07 bits per heavy atom. The Bertz CT molecular complexity index is 983. The molecule has 2 aromatic rings. The van der Waals surface area contributed by atoms with Crippen LogP contribution in [-0.4, -0.2) is 44.9 Å². The van der Waals surface area contributed by atoms with Gasteiger partial charge >= 0.3 is 0 Å². The Balaban J connectivity index is 1.77. The number of nitrogens with zero attached hydrogens (tertiary/aromatic N) is 1. The Hall–Kier alpha value is -2.58. The van der Waals surface area contributed by atoms with Gasteiger partial charge in [-0.05, 0) is 57.0 Å². The molecule has 1 aliphatic heterocycles. The van der Waals surface area contributed by atoms with E-state index in [-0.39, 0.29) is 16.6 Å². The molecule has 0 spiro atoms. The predicted octanol–water partition coefficient (Wildman–Crippen LogP) is 3.58. The van der Waals surface area contributed by atoms with Crippen LogP contribution in [0, 0.1) is 6.92 Å². The number of hydrogen-bond acceptors (Lipinski definition) is 5. The molecule has 0 aliphatic carbocycles. The first-order valence-corrected chi connectivity index (χ1v) is 11.5. The molecule has 1 N–H and O–H groups in total. The molecule has 2 aromatic carbocycles. The fourth-order valence-corrected chi connectivity index (χ4v) is 5.02. The molecule has 0 saturated carbocycles. The lowest BCUT2D eigenvalue weighted by atomic mass is 10.2. The average Bonchev–Trinajstić information content (AvgIpc) is 2.75. The molecule has 1 heterocycles. The van der Waals surface area contributed by atoms with E-state index in [0.29, 0.717) is 24.5 Å². The molecule has 0 aromatic heterocycles. The number of nitrogens with one attached hydrogen (secondary N) is 1. The summed E-state index contributed by atoms with van der Waals surface area (Å²) in [6.07, 6.45) is 1.95. The first-order chi connectivity index (χ1) is 14.3. The highest BCUT2D eigenvalue weighted by atomic mass is 32.2. The molecule has 0 bridgehead atoms. The van der Waals surface area contributed by atoms with E-state index in [9.17, 15) is 13.2 Å². The molecular formula is C22H28N2O5S. The van der Waals surface area contributed by atoms with Crippen LogP contribution in [0.5, 0.6) is 11.5 Å². The van der Waals surface area contributed by atoms with Crippen LogP contribution >= 0.6 is 0 Å². The lowest BCUT2D eigenvalue weighted by molar-refractivity contribution is -0.122. The van der Waals surface area contributed by atoms with Crippen molar-refractivity contribution in [3.05, 3.63) is 48.0 Å². The van der Waals surface area contributed by atoms with Gasteiger partial charge in [-0.3, -0.25) is 4.79 Å². The summed E-state index contributed by atoms with van der Waals surface area (Å²) in [5, 5.41) is 2.74. The van der Waals surface area contributed by atoms with Gasteiger partial charge < -0.3 is 14.8 Å².